The molecule has 5 rings (SSSR count). The third-order valence-corrected chi connectivity index (χ3v) is 9.00. The van der Waals surface area contributed by atoms with Crippen LogP contribution in [0.5, 0.6) is 0 Å². The number of likely N-dealkylation sites (tertiary alicyclic amines) is 1. The first kappa shape index (κ1) is 20.6. The molecule has 164 valence electrons. The predicted molar refractivity (Wildman–Crippen MR) is 120 cm³/mol. The Morgan fingerprint density at radius 2 is 1.61 bits per heavy atom. The number of allylic oxidation sites excluding steroid dienone is 1. The number of rotatable bonds is 3. The zero-order valence-electron chi connectivity index (χ0n) is 17.5. The van der Waals surface area contributed by atoms with Crippen LogP contribution in [0.1, 0.15) is 25.7 Å². The monoisotopic (exact) mass is 440 g/mol. The molecule has 3 heterocycles. The lowest BCUT2D eigenvalue weighted by Crippen LogP contribution is -2.53. The highest BCUT2D eigenvalue weighted by Gasteiger charge is 2.42. The smallest absolute Gasteiger partial charge is 0.243 e. The normalized spacial score (nSPS) is 24.8. The SMILES string of the molecule is O=S(=O)(c1ccc2ccccc2c1)N1CCC2(CCN(C3N=CC=CN3O)CC2)CC1. The van der Waals surface area contributed by atoms with E-state index in [9.17, 15) is 13.6 Å². The number of nitrogens with zero attached hydrogens (tertiary/aromatic N) is 4. The summed E-state index contributed by atoms with van der Waals surface area (Å²) in [6.07, 6.45) is 8.47. The van der Waals surface area contributed by atoms with Crippen molar-refractivity contribution >= 4 is 27.0 Å². The van der Waals surface area contributed by atoms with Gasteiger partial charge in [-0.1, -0.05) is 30.3 Å². The number of piperidine rings is 2. The van der Waals surface area contributed by atoms with Crippen molar-refractivity contribution in [1.29, 1.82) is 0 Å². The van der Waals surface area contributed by atoms with Crippen LogP contribution in [0.25, 0.3) is 10.8 Å². The van der Waals surface area contributed by atoms with Gasteiger partial charge in [-0.25, -0.2) is 13.5 Å². The van der Waals surface area contributed by atoms with Gasteiger partial charge in [-0.3, -0.25) is 15.1 Å². The summed E-state index contributed by atoms with van der Waals surface area (Å²) < 4.78 is 28.2. The summed E-state index contributed by atoms with van der Waals surface area (Å²) in [5, 5.41) is 13.2. The second-order valence-corrected chi connectivity index (χ2v) is 10.8. The molecule has 1 unspecified atom stereocenters. The Morgan fingerprint density at radius 1 is 0.935 bits per heavy atom. The van der Waals surface area contributed by atoms with Crippen molar-refractivity contribution in [1.82, 2.24) is 14.3 Å². The quantitative estimate of drug-likeness (QED) is 0.793. The largest absolute Gasteiger partial charge is 0.286 e. The third-order valence-electron chi connectivity index (χ3n) is 7.11. The van der Waals surface area contributed by atoms with Crippen molar-refractivity contribution in [2.45, 2.75) is 36.9 Å². The van der Waals surface area contributed by atoms with Crippen LogP contribution in [-0.2, 0) is 10.0 Å². The molecule has 3 aliphatic heterocycles. The molecule has 0 bridgehead atoms. The summed E-state index contributed by atoms with van der Waals surface area (Å²) in [5.74, 6) is 0. The Morgan fingerprint density at radius 3 is 2.32 bits per heavy atom. The zero-order valence-corrected chi connectivity index (χ0v) is 18.3. The molecule has 1 atom stereocenters. The van der Waals surface area contributed by atoms with E-state index in [1.165, 1.54) is 0 Å². The molecule has 8 heteroatoms. The van der Waals surface area contributed by atoms with Crippen molar-refractivity contribution in [2.75, 3.05) is 26.2 Å². The van der Waals surface area contributed by atoms with Gasteiger partial charge in [0.05, 0.1) is 4.90 Å². The average molecular weight is 441 g/mol. The highest BCUT2D eigenvalue weighted by atomic mass is 32.2. The summed E-state index contributed by atoms with van der Waals surface area (Å²) in [6, 6.07) is 13.2. The van der Waals surface area contributed by atoms with Gasteiger partial charge in [-0.15, -0.1) is 0 Å². The van der Waals surface area contributed by atoms with Crippen molar-refractivity contribution in [3.05, 3.63) is 54.7 Å². The van der Waals surface area contributed by atoms with E-state index in [2.05, 4.69) is 9.89 Å². The Labute approximate surface area is 183 Å². The average Bonchev–Trinajstić information content (AvgIpc) is 2.80. The van der Waals surface area contributed by atoms with Gasteiger partial charge in [-0.05, 0) is 60.1 Å². The topological polar surface area (TPSA) is 76.5 Å². The van der Waals surface area contributed by atoms with Crippen LogP contribution < -0.4 is 0 Å². The molecule has 3 aliphatic rings. The number of sulfonamides is 1. The molecule has 31 heavy (non-hydrogen) atoms. The number of hydrogen-bond acceptors (Lipinski definition) is 6. The Kier molecular flexibility index (Phi) is 5.34. The molecule has 2 saturated heterocycles. The van der Waals surface area contributed by atoms with Crippen molar-refractivity contribution < 1.29 is 13.6 Å². The molecule has 0 saturated carbocycles. The fourth-order valence-electron chi connectivity index (χ4n) is 5.07. The highest BCUT2D eigenvalue weighted by molar-refractivity contribution is 7.89. The maximum atomic E-state index is 13.3. The Hall–Kier alpha value is -2.26. The van der Waals surface area contributed by atoms with E-state index in [1.807, 2.05) is 30.3 Å². The van der Waals surface area contributed by atoms with Gasteiger partial charge in [0.15, 0.2) is 0 Å². The molecule has 2 fully saturated rings. The van der Waals surface area contributed by atoms with E-state index >= 15 is 0 Å². The van der Waals surface area contributed by atoms with E-state index in [0.29, 0.717) is 18.0 Å². The minimum Gasteiger partial charge on any atom is -0.286 e. The lowest BCUT2D eigenvalue weighted by molar-refractivity contribution is -0.140. The lowest BCUT2D eigenvalue weighted by atomic mass is 9.71. The van der Waals surface area contributed by atoms with Gasteiger partial charge < -0.3 is 0 Å². The van der Waals surface area contributed by atoms with E-state index in [-0.39, 0.29) is 11.7 Å². The zero-order chi connectivity index (χ0) is 21.5. The van der Waals surface area contributed by atoms with Crippen molar-refractivity contribution in [3.63, 3.8) is 0 Å². The molecule has 7 nitrogen and oxygen atoms in total. The molecule has 2 aromatic rings. The Balaban J connectivity index is 1.24. The predicted octanol–water partition coefficient (Wildman–Crippen LogP) is 3.28. The lowest BCUT2D eigenvalue weighted by Gasteiger charge is -2.48. The number of benzene rings is 2. The summed E-state index contributed by atoms with van der Waals surface area (Å²) in [7, 11) is -3.49. The molecule has 1 N–H and O–H groups in total. The van der Waals surface area contributed by atoms with Crippen LogP contribution in [0.15, 0.2) is 64.6 Å². The standard InChI is InChI=1S/C23H28N4O3S/c28-27-13-3-12-24-22(27)25-14-8-23(9-15-25)10-16-26(17-11-23)31(29,30)21-7-6-19-4-1-2-5-20(19)18-21/h1-7,12-13,18,22,28H,8-11,14-17H2. The fourth-order valence-corrected chi connectivity index (χ4v) is 6.54. The van der Waals surface area contributed by atoms with Crippen LogP contribution in [0.4, 0.5) is 0 Å². The molecule has 0 aliphatic carbocycles. The first-order valence-electron chi connectivity index (χ1n) is 10.9. The third kappa shape index (κ3) is 3.89. The van der Waals surface area contributed by atoms with Gasteiger partial charge >= 0.3 is 0 Å². The second-order valence-electron chi connectivity index (χ2n) is 8.82. The summed E-state index contributed by atoms with van der Waals surface area (Å²) in [4.78, 5) is 6.93. The molecule has 0 aromatic heterocycles. The van der Waals surface area contributed by atoms with E-state index in [0.717, 1.165) is 54.6 Å². The van der Waals surface area contributed by atoms with Crippen LogP contribution in [-0.4, -0.2) is 66.6 Å². The van der Waals surface area contributed by atoms with E-state index in [1.54, 1.807) is 34.9 Å². The van der Waals surface area contributed by atoms with Gasteiger partial charge in [0.25, 0.3) is 0 Å². The van der Waals surface area contributed by atoms with Crippen LogP contribution in [0, 0.1) is 5.41 Å². The molecule has 1 spiro atoms. The summed E-state index contributed by atoms with van der Waals surface area (Å²) in [6.45, 7) is 2.83. The fraction of sp³-hybridized carbons (Fsp3) is 0.435. The Bertz CT molecular complexity index is 1110. The van der Waals surface area contributed by atoms with Crippen molar-refractivity contribution in [3.8, 4) is 0 Å². The highest BCUT2D eigenvalue weighted by Crippen LogP contribution is 2.43. The minimum atomic E-state index is -3.49. The maximum absolute atomic E-state index is 13.3. The van der Waals surface area contributed by atoms with Crippen LogP contribution >= 0.6 is 0 Å². The van der Waals surface area contributed by atoms with E-state index < -0.39 is 10.0 Å². The number of fused-ring (bicyclic) bond motifs is 1. The summed E-state index contributed by atoms with van der Waals surface area (Å²) >= 11 is 0. The first-order chi connectivity index (χ1) is 15.0. The number of hydrogen-bond donors (Lipinski definition) is 1. The van der Waals surface area contributed by atoms with Crippen LogP contribution in [0.3, 0.4) is 0 Å². The van der Waals surface area contributed by atoms with Crippen molar-refractivity contribution in [2.24, 2.45) is 10.4 Å². The maximum Gasteiger partial charge on any atom is 0.243 e. The number of hydroxylamine groups is 2. The van der Waals surface area contributed by atoms with Gasteiger partial charge in [-0.2, -0.15) is 4.31 Å². The minimum absolute atomic E-state index is 0.181. The molecule has 2 aromatic carbocycles. The first-order valence-corrected chi connectivity index (χ1v) is 12.3. The molecule has 0 radical (unpaired) electrons. The van der Waals surface area contributed by atoms with Crippen LogP contribution in [0.2, 0.25) is 0 Å². The second kappa shape index (κ2) is 8.02. The molecular weight excluding hydrogens is 412 g/mol. The van der Waals surface area contributed by atoms with Gasteiger partial charge in [0, 0.05) is 38.6 Å². The number of aliphatic imine (C=N–C) groups is 1. The summed E-state index contributed by atoms with van der Waals surface area (Å²) in [5.41, 5.74) is 0.181. The van der Waals surface area contributed by atoms with Gasteiger partial charge in [0.2, 0.25) is 16.3 Å². The molecule has 0 amide bonds. The van der Waals surface area contributed by atoms with E-state index in [4.69, 9.17) is 0 Å². The molecular formula is C23H28N4O3S. The van der Waals surface area contributed by atoms with Gasteiger partial charge in [0.1, 0.15) is 0 Å².